The quantitative estimate of drug-likeness (QED) is 0.330. The average Bonchev–Trinajstić information content (AvgIpc) is 2.48. The molecule has 6 nitrogen and oxygen atoms in total. The van der Waals surface area contributed by atoms with Crippen LogP contribution in [0, 0.1) is 5.92 Å². The topological polar surface area (TPSA) is 99.2 Å². The molecular formula is C13H16BrN3O3. The molecule has 1 amide bonds. The van der Waals surface area contributed by atoms with E-state index in [-0.39, 0.29) is 29.0 Å². The summed E-state index contributed by atoms with van der Waals surface area (Å²) in [5, 5.41) is 21.5. The van der Waals surface area contributed by atoms with Gasteiger partial charge in [-0.1, -0.05) is 21.1 Å². The number of amidine groups is 1. The molecule has 1 aromatic carbocycles. The first-order valence-corrected chi connectivity index (χ1v) is 7.07. The van der Waals surface area contributed by atoms with Gasteiger partial charge in [0.25, 0.3) is 5.91 Å². The number of hydrogen-bond donors (Lipinski definition) is 3. The molecule has 1 saturated heterocycles. The number of carbonyl (C=O) groups is 1. The fourth-order valence-corrected chi connectivity index (χ4v) is 2.70. The molecule has 7 heteroatoms. The number of halogens is 1. The molecule has 1 heterocycles. The SMILES string of the molecule is N/C(=N/O)C1CCCN(C(=O)c2cc(Br)ccc2O)C1. The highest BCUT2D eigenvalue weighted by Crippen LogP contribution is 2.25. The summed E-state index contributed by atoms with van der Waals surface area (Å²) in [5.74, 6) is -0.309. The van der Waals surface area contributed by atoms with E-state index in [1.165, 1.54) is 6.07 Å². The van der Waals surface area contributed by atoms with E-state index in [0.29, 0.717) is 13.1 Å². The van der Waals surface area contributed by atoms with Gasteiger partial charge in [0, 0.05) is 23.5 Å². The van der Waals surface area contributed by atoms with E-state index >= 15 is 0 Å². The molecular weight excluding hydrogens is 326 g/mol. The third kappa shape index (κ3) is 3.04. The number of phenolic OH excluding ortho intramolecular Hbond substituents is 1. The Hall–Kier alpha value is -1.76. The maximum absolute atomic E-state index is 12.4. The number of amides is 1. The van der Waals surface area contributed by atoms with Crippen molar-refractivity contribution in [2.24, 2.45) is 16.8 Å². The summed E-state index contributed by atoms with van der Waals surface area (Å²) < 4.78 is 0.726. The van der Waals surface area contributed by atoms with E-state index in [2.05, 4.69) is 21.1 Å². The van der Waals surface area contributed by atoms with Crippen LogP contribution in [-0.4, -0.2) is 40.0 Å². The van der Waals surface area contributed by atoms with Crippen LogP contribution in [0.2, 0.25) is 0 Å². The smallest absolute Gasteiger partial charge is 0.257 e. The summed E-state index contributed by atoms with van der Waals surface area (Å²) in [6.07, 6.45) is 1.56. The van der Waals surface area contributed by atoms with Gasteiger partial charge >= 0.3 is 0 Å². The first kappa shape index (κ1) is 14.6. The largest absolute Gasteiger partial charge is 0.507 e. The number of likely N-dealkylation sites (tertiary alicyclic amines) is 1. The molecule has 2 rings (SSSR count). The molecule has 1 aliphatic rings. The summed E-state index contributed by atoms with van der Waals surface area (Å²) in [5.41, 5.74) is 5.86. The van der Waals surface area contributed by atoms with E-state index in [0.717, 1.165) is 17.3 Å². The normalized spacial score (nSPS) is 19.9. The van der Waals surface area contributed by atoms with Gasteiger partial charge < -0.3 is 20.9 Å². The number of hydrogen-bond acceptors (Lipinski definition) is 4. The predicted molar refractivity (Wildman–Crippen MR) is 77.8 cm³/mol. The molecule has 1 aliphatic heterocycles. The Bertz CT molecular complexity index is 548. The number of nitrogens with zero attached hydrogens (tertiary/aromatic N) is 2. The molecule has 108 valence electrons. The lowest BCUT2D eigenvalue weighted by molar-refractivity contribution is 0.0698. The summed E-state index contributed by atoms with van der Waals surface area (Å²) in [6, 6.07) is 4.73. The first-order valence-electron chi connectivity index (χ1n) is 6.28. The lowest BCUT2D eigenvalue weighted by Crippen LogP contribution is -2.44. The molecule has 20 heavy (non-hydrogen) atoms. The summed E-state index contributed by atoms with van der Waals surface area (Å²) >= 11 is 3.28. The molecule has 0 spiro atoms. The second kappa shape index (κ2) is 6.13. The van der Waals surface area contributed by atoms with Gasteiger partial charge in [-0.25, -0.2) is 0 Å². The van der Waals surface area contributed by atoms with Crippen molar-refractivity contribution in [3.8, 4) is 5.75 Å². The number of piperidine rings is 1. The number of phenols is 1. The van der Waals surface area contributed by atoms with Crippen molar-refractivity contribution in [3.63, 3.8) is 0 Å². The van der Waals surface area contributed by atoms with E-state index in [1.54, 1.807) is 17.0 Å². The van der Waals surface area contributed by atoms with Crippen molar-refractivity contribution in [2.75, 3.05) is 13.1 Å². The van der Waals surface area contributed by atoms with Crippen LogP contribution in [0.1, 0.15) is 23.2 Å². The van der Waals surface area contributed by atoms with Gasteiger partial charge in [0.15, 0.2) is 0 Å². The second-order valence-electron chi connectivity index (χ2n) is 4.78. The lowest BCUT2D eigenvalue weighted by atomic mass is 9.96. The third-order valence-corrected chi connectivity index (χ3v) is 3.92. The number of nitrogens with two attached hydrogens (primary N) is 1. The molecule has 0 aromatic heterocycles. The van der Waals surface area contributed by atoms with Crippen LogP contribution in [0.5, 0.6) is 5.75 Å². The Morgan fingerprint density at radius 1 is 1.50 bits per heavy atom. The Morgan fingerprint density at radius 3 is 2.95 bits per heavy atom. The lowest BCUT2D eigenvalue weighted by Gasteiger charge is -2.32. The third-order valence-electron chi connectivity index (χ3n) is 3.43. The first-order chi connectivity index (χ1) is 9.52. The summed E-state index contributed by atoms with van der Waals surface area (Å²) in [7, 11) is 0. The van der Waals surface area contributed by atoms with Gasteiger partial charge in [0.05, 0.1) is 5.56 Å². The zero-order valence-corrected chi connectivity index (χ0v) is 12.4. The number of carbonyl (C=O) groups excluding carboxylic acids is 1. The van der Waals surface area contributed by atoms with Crippen LogP contribution in [0.15, 0.2) is 27.8 Å². The highest BCUT2D eigenvalue weighted by molar-refractivity contribution is 9.10. The number of aromatic hydroxyl groups is 1. The van der Waals surface area contributed by atoms with Gasteiger partial charge in [-0.05, 0) is 31.0 Å². The Morgan fingerprint density at radius 2 is 2.25 bits per heavy atom. The number of benzene rings is 1. The van der Waals surface area contributed by atoms with Crippen LogP contribution >= 0.6 is 15.9 Å². The Kier molecular flexibility index (Phi) is 4.49. The van der Waals surface area contributed by atoms with E-state index in [1.807, 2.05) is 0 Å². The zero-order valence-electron chi connectivity index (χ0n) is 10.8. The second-order valence-corrected chi connectivity index (χ2v) is 5.69. The molecule has 1 fully saturated rings. The minimum absolute atomic E-state index is 0.0517. The molecule has 4 N–H and O–H groups in total. The van der Waals surface area contributed by atoms with E-state index < -0.39 is 0 Å². The predicted octanol–water partition coefficient (Wildman–Crippen LogP) is 1.75. The summed E-state index contributed by atoms with van der Waals surface area (Å²) in [6.45, 7) is 0.987. The maximum atomic E-state index is 12.4. The van der Waals surface area contributed by atoms with Crippen LogP contribution in [0.3, 0.4) is 0 Å². The minimum Gasteiger partial charge on any atom is -0.507 e. The van der Waals surface area contributed by atoms with Crippen molar-refractivity contribution in [3.05, 3.63) is 28.2 Å². The van der Waals surface area contributed by atoms with Crippen molar-refractivity contribution < 1.29 is 15.1 Å². The molecule has 1 atom stereocenters. The Balaban J connectivity index is 2.18. The van der Waals surface area contributed by atoms with Gasteiger partial charge in [-0.3, -0.25) is 4.79 Å². The standard InChI is InChI=1S/C13H16BrN3O3/c14-9-3-4-11(18)10(6-9)13(19)17-5-1-2-8(7-17)12(15)16-20/h3-4,6,8,18,20H,1-2,5,7H2,(H2,15,16). The van der Waals surface area contributed by atoms with Gasteiger partial charge in [-0.2, -0.15) is 0 Å². The molecule has 1 aromatic rings. The Labute approximate surface area is 125 Å². The minimum atomic E-state index is -0.251. The molecule has 0 aliphatic carbocycles. The van der Waals surface area contributed by atoms with Crippen LogP contribution < -0.4 is 5.73 Å². The maximum Gasteiger partial charge on any atom is 0.257 e. The molecule has 0 saturated carbocycles. The van der Waals surface area contributed by atoms with Crippen molar-refractivity contribution in [2.45, 2.75) is 12.8 Å². The van der Waals surface area contributed by atoms with Crippen molar-refractivity contribution in [1.82, 2.24) is 4.90 Å². The van der Waals surface area contributed by atoms with Gasteiger partial charge in [-0.15, -0.1) is 0 Å². The summed E-state index contributed by atoms with van der Waals surface area (Å²) in [4.78, 5) is 14.0. The molecule has 1 unspecified atom stereocenters. The average molecular weight is 342 g/mol. The van der Waals surface area contributed by atoms with Crippen molar-refractivity contribution >= 4 is 27.7 Å². The zero-order chi connectivity index (χ0) is 14.7. The van der Waals surface area contributed by atoms with Crippen LogP contribution in [-0.2, 0) is 0 Å². The van der Waals surface area contributed by atoms with E-state index in [4.69, 9.17) is 10.9 Å². The number of oxime groups is 1. The van der Waals surface area contributed by atoms with Crippen LogP contribution in [0.4, 0.5) is 0 Å². The van der Waals surface area contributed by atoms with E-state index in [9.17, 15) is 9.90 Å². The monoisotopic (exact) mass is 341 g/mol. The van der Waals surface area contributed by atoms with Crippen molar-refractivity contribution in [1.29, 1.82) is 0 Å². The van der Waals surface area contributed by atoms with Gasteiger partial charge in [0.2, 0.25) is 0 Å². The molecule has 0 radical (unpaired) electrons. The van der Waals surface area contributed by atoms with Crippen LogP contribution in [0.25, 0.3) is 0 Å². The highest BCUT2D eigenvalue weighted by atomic mass is 79.9. The fraction of sp³-hybridized carbons (Fsp3) is 0.385. The molecule has 0 bridgehead atoms. The number of rotatable bonds is 2. The fourth-order valence-electron chi connectivity index (χ4n) is 2.33. The highest BCUT2D eigenvalue weighted by Gasteiger charge is 2.28. The van der Waals surface area contributed by atoms with Gasteiger partial charge in [0.1, 0.15) is 11.6 Å².